The number of ether oxygens (including phenoxy) is 2. The SMILES string of the molecule is CNCC(c1cc(OC)c(C)c(C)c1OC)N(C)C. The molecule has 0 heterocycles. The molecule has 1 aromatic rings. The van der Waals surface area contributed by atoms with Crippen LogP contribution in [0, 0.1) is 13.8 Å². The van der Waals surface area contributed by atoms with Crippen molar-refractivity contribution in [2.45, 2.75) is 19.9 Å². The zero-order chi connectivity index (χ0) is 14.6. The van der Waals surface area contributed by atoms with Crippen molar-refractivity contribution < 1.29 is 9.47 Å². The van der Waals surface area contributed by atoms with Crippen LogP contribution in [0.3, 0.4) is 0 Å². The zero-order valence-corrected chi connectivity index (χ0v) is 13.1. The van der Waals surface area contributed by atoms with Gasteiger partial charge in [-0.25, -0.2) is 0 Å². The van der Waals surface area contributed by atoms with Crippen LogP contribution in [0.4, 0.5) is 0 Å². The maximum absolute atomic E-state index is 5.62. The molecule has 1 atom stereocenters. The van der Waals surface area contributed by atoms with Gasteiger partial charge in [-0.3, -0.25) is 0 Å². The predicted octanol–water partition coefficient (Wildman–Crippen LogP) is 2.14. The van der Waals surface area contributed by atoms with Crippen LogP contribution in [-0.4, -0.2) is 46.8 Å². The number of rotatable bonds is 6. The van der Waals surface area contributed by atoms with Gasteiger partial charge in [0, 0.05) is 12.1 Å². The maximum atomic E-state index is 5.62. The molecular formula is C15H26N2O2. The van der Waals surface area contributed by atoms with Gasteiger partial charge in [0.2, 0.25) is 0 Å². The summed E-state index contributed by atoms with van der Waals surface area (Å²) < 4.78 is 11.1. The van der Waals surface area contributed by atoms with E-state index in [0.29, 0.717) is 0 Å². The van der Waals surface area contributed by atoms with Crippen LogP contribution >= 0.6 is 0 Å². The number of likely N-dealkylation sites (N-methyl/N-ethyl adjacent to an activating group) is 2. The van der Waals surface area contributed by atoms with Crippen molar-refractivity contribution in [2.24, 2.45) is 0 Å². The van der Waals surface area contributed by atoms with E-state index < -0.39 is 0 Å². The maximum Gasteiger partial charge on any atom is 0.127 e. The van der Waals surface area contributed by atoms with Crippen molar-refractivity contribution in [3.63, 3.8) is 0 Å². The van der Waals surface area contributed by atoms with E-state index in [1.807, 2.05) is 7.05 Å². The molecule has 0 radical (unpaired) electrons. The molecule has 1 aromatic carbocycles. The van der Waals surface area contributed by atoms with Gasteiger partial charge in [0.25, 0.3) is 0 Å². The van der Waals surface area contributed by atoms with Crippen LogP contribution < -0.4 is 14.8 Å². The molecule has 1 unspecified atom stereocenters. The fourth-order valence-corrected chi connectivity index (χ4v) is 2.38. The highest BCUT2D eigenvalue weighted by molar-refractivity contribution is 5.53. The van der Waals surface area contributed by atoms with E-state index in [2.05, 4.69) is 44.2 Å². The minimum Gasteiger partial charge on any atom is -0.496 e. The van der Waals surface area contributed by atoms with Gasteiger partial charge in [-0.1, -0.05) is 0 Å². The lowest BCUT2D eigenvalue weighted by Gasteiger charge is -2.28. The Bertz CT molecular complexity index is 431. The highest BCUT2D eigenvalue weighted by Crippen LogP contribution is 2.37. The Labute approximate surface area is 116 Å². The van der Waals surface area contributed by atoms with Gasteiger partial charge in [0.15, 0.2) is 0 Å². The van der Waals surface area contributed by atoms with Crippen LogP contribution in [-0.2, 0) is 0 Å². The van der Waals surface area contributed by atoms with E-state index in [9.17, 15) is 0 Å². The van der Waals surface area contributed by atoms with Crippen LogP contribution in [0.25, 0.3) is 0 Å². The summed E-state index contributed by atoms with van der Waals surface area (Å²) in [6, 6.07) is 2.33. The first-order valence-electron chi connectivity index (χ1n) is 6.51. The zero-order valence-electron chi connectivity index (χ0n) is 13.1. The summed E-state index contributed by atoms with van der Waals surface area (Å²) in [5.41, 5.74) is 3.42. The molecule has 108 valence electrons. The number of nitrogens with one attached hydrogen (secondary N) is 1. The molecule has 0 spiro atoms. The summed E-state index contributed by atoms with van der Waals surface area (Å²) in [7, 11) is 9.54. The van der Waals surface area contributed by atoms with Crippen molar-refractivity contribution in [2.75, 3.05) is 41.9 Å². The van der Waals surface area contributed by atoms with Crippen LogP contribution in [0.5, 0.6) is 11.5 Å². The number of hydrogen-bond acceptors (Lipinski definition) is 4. The Morgan fingerprint density at radius 2 is 1.79 bits per heavy atom. The second-order valence-electron chi connectivity index (χ2n) is 4.99. The van der Waals surface area contributed by atoms with E-state index in [1.54, 1.807) is 14.2 Å². The second kappa shape index (κ2) is 6.78. The molecule has 19 heavy (non-hydrogen) atoms. The van der Waals surface area contributed by atoms with E-state index in [-0.39, 0.29) is 6.04 Å². The molecule has 0 saturated carbocycles. The average Bonchev–Trinajstić information content (AvgIpc) is 2.38. The Morgan fingerprint density at radius 3 is 2.21 bits per heavy atom. The Morgan fingerprint density at radius 1 is 1.16 bits per heavy atom. The van der Waals surface area contributed by atoms with Gasteiger partial charge in [-0.2, -0.15) is 0 Å². The lowest BCUT2D eigenvalue weighted by Crippen LogP contribution is -2.29. The molecule has 4 heteroatoms. The summed E-state index contributed by atoms with van der Waals surface area (Å²) in [5.74, 6) is 1.86. The van der Waals surface area contributed by atoms with Gasteiger partial charge >= 0.3 is 0 Å². The monoisotopic (exact) mass is 266 g/mol. The first-order valence-corrected chi connectivity index (χ1v) is 6.51. The third kappa shape index (κ3) is 3.19. The van der Waals surface area contributed by atoms with Crippen LogP contribution in [0.1, 0.15) is 22.7 Å². The standard InChI is InChI=1S/C15H26N2O2/c1-10-11(2)15(19-7)12(8-14(10)18-6)13(9-16-3)17(4)5/h8,13,16H,9H2,1-7H3. The van der Waals surface area contributed by atoms with E-state index >= 15 is 0 Å². The van der Waals surface area contributed by atoms with E-state index in [1.165, 1.54) is 0 Å². The fourth-order valence-electron chi connectivity index (χ4n) is 2.38. The molecule has 0 aliphatic rings. The van der Waals surface area contributed by atoms with Gasteiger partial charge < -0.3 is 19.7 Å². The minimum absolute atomic E-state index is 0.244. The number of hydrogen-bond donors (Lipinski definition) is 1. The topological polar surface area (TPSA) is 33.7 Å². The summed E-state index contributed by atoms with van der Waals surface area (Å²) in [5, 5.41) is 3.23. The number of nitrogens with zero attached hydrogens (tertiary/aromatic N) is 1. The predicted molar refractivity (Wildman–Crippen MR) is 79.4 cm³/mol. The molecule has 1 rings (SSSR count). The minimum atomic E-state index is 0.244. The molecule has 1 N–H and O–H groups in total. The van der Waals surface area contributed by atoms with Gasteiger partial charge in [-0.05, 0) is 52.2 Å². The molecular weight excluding hydrogens is 240 g/mol. The first kappa shape index (κ1) is 15.8. The molecule has 4 nitrogen and oxygen atoms in total. The average molecular weight is 266 g/mol. The molecule has 0 bridgehead atoms. The van der Waals surface area contributed by atoms with Crippen molar-refractivity contribution in [3.8, 4) is 11.5 Å². The van der Waals surface area contributed by atoms with E-state index in [0.717, 1.165) is 34.7 Å². The van der Waals surface area contributed by atoms with Crippen LogP contribution in [0.15, 0.2) is 6.07 Å². The van der Waals surface area contributed by atoms with Gasteiger partial charge in [-0.15, -0.1) is 0 Å². The highest BCUT2D eigenvalue weighted by Gasteiger charge is 2.22. The molecule has 0 aliphatic carbocycles. The molecule has 0 aliphatic heterocycles. The van der Waals surface area contributed by atoms with Crippen LogP contribution in [0.2, 0.25) is 0 Å². The molecule has 0 saturated heterocycles. The smallest absolute Gasteiger partial charge is 0.127 e. The van der Waals surface area contributed by atoms with Crippen molar-refractivity contribution in [3.05, 3.63) is 22.8 Å². The largest absolute Gasteiger partial charge is 0.496 e. The van der Waals surface area contributed by atoms with Crippen molar-refractivity contribution in [1.29, 1.82) is 0 Å². The Hall–Kier alpha value is -1.26. The molecule has 0 aromatic heterocycles. The summed E-state index contributed by atoms with van der Waals surface area (Å²) >= 11 is 0. The lowest BCUT2D eigenvalue weighted by atomic mass is 9.97. The van der Waals surface area contributed by atoms with Crippen molar-refractivity contribution >= 4 is 0 Å². The Kier molecular flexibility index (Phi) is 5.63. The quantitative estimate of drug-likeness (QED) is 0.855. The van der Waals surface area contributed by atoms with E-state index in [4.69, 9.17) is 9.47 Å². The normalized spacial score (nSPS) is 12.6. The fraction of sp³-hybridized carbons (Fsp3) is 0.600. The third-order valence-corrected chi connectivity index (χ3v) is 3.63. The van der Waals surface area contributed by atoms with Crippen molar-refractivity contribution in [1.82, 2.24) is 10.2 Å². The summed E-state index contributed by atoms with van der Waals surface area (Å²) in [6.07, 6.45) is 0. The van der Waals surface area contributed by atoms with Gasteiger partial charge in [0.1, 0.15) is 11.5 Å². The second-order valence-corrected chi connectivity index (χ2v) is 4.99. The van der Waals surface area contributed by atoms with Gasteiger partial charge in [0.05, 0.1) is 20.3 Å². The molecule has 0 amide bonds. The lowest BCUT2D eigenvalue weighted by molar-refractivity contribution is 0.282. The Balaban J connectivity index is 3.42. The molecule has 0 fully saturated rings. The summed E-state index contributed by atoms with van der Waals surface area (Å²) in [6.45, 7) is 4.99. The number of methoxy groups -OCH3 is 2. The number of benzene rings is 1. The first-order chi connectivity index (χ1) is 8.97. The third-order valence-electron chi connectivity index (χ3n) is 3.63. The summed E-state index contributed by atoms with van der Waals surface area (Å²) in [4.78, 5) is 2.18. The highest BCUT2D eigenvalue weighted by atomic mass is 16.5.